The van der Waals surface area contributed by atoms with Crippen LogP contribution < -0.4 is 9.64 Å². The standard InChI is InChI=1S/C26H22N2O6/c1-3-34-21-12-6-8-17(15-21)23-22(24(29)18-9-5-11-20(14-18)28(32)33)25(30)26(31)27(23)19-10-4-7-16(2)13-19/h4-15,23,29H,3H2,1-2H3/b24-22-. The molecule has 0 spiro atoms. The minimum absolute atomic E-state index is 0.0717. The number of Topliss-reactive ketones (excluding diaryl/α,β-unsaturated/α-hetero) is 1. The Kier molecular flexibility index (Phi) is 6.14. The Morgan fingerprint density at radius 2 is 1.79 bits per heavy atom. The number of ether oxygens (including phenoxy) is 1. The van der Waals surface area contributed by atoms with Crippen molar-refractivity contribution in [2.75, 3.05) is 11.5 Å². The van der Waals surface area contributed by atoms with Crippen LogP contribution in [0.5, 0.6) is 5.75 Å². The number of benzene rings is 3. The summed E-state index contributed by atoms with van der Waals surface area (Å²) in [4.78, 5) is 38.4. The van der Waals surface area contributed by atoms with Crippen molar-refractivity contribution in [2.45, 2.75) is 19.9 Å². The number of carbonyl (C=O) groups excluding carboxylic acids is 2. The minimum Gasteiger partial charge on any atom is -0.507 e. The van der Waals surface area contributed by atoms with Crippen molar-refractivity contribution >= 4 is 28.8 Å². The zero-order chi connectivity index (χ0) is 24.4. The molecule has 1 aliphatic rings. The van der Waals surface area contributed by atoms with E-state index in [1.54, 1.807) is 42.5 Å². The van der Waals surface area contributed by atoms with Crippen LogP contribution in [0.4, 0.5) is 11.4 Å². The number of aliphatic hydroxyl groups excluding tert-OH is 1. The van der Waals surface area contributed by atoms with Crippen LogP contribution in [0.25, 0.3) is 5.76 Å². The Morgan fingerprint density at radius 1 is 1.06 bits per heavy atom. The maximum atomic E-state index is 13.2. The molecule has 1 amide bonds. The average molecular weight is 458 g/mol. The summed E-state index contributed by atoms with van der Waals surface area (Å²) < 4.78 is 5.60. The molecule has 3 aromatic carbocycles. The van der Waals surface area contributed by atoms with Gasteiger partial charge in [-0.25, -0.2) is 0 Å². The first kappa shape index (κ1) is 22.7. The molecule has 0 radical (unpaired) electrons. The molecule has 1 heterocycles. The molecule has 1 atom stereocenters. The van der Waals surface area contributed by atoms with Crippen LogP contribution in [0, 0.1) is 17.0 Å². The van der Waals surface area contributed by atoms with Gasteiger partial charge in [0.1, 0.15) is 11.5 Å². The second-order valence-corrected chi connectivity index (χ2v) is 7.82. The van der Waals surface area contributed by atoms with E-state index in [1.807, 2.05) is 19.9 Å². The van der Waals surface area contributed by atoms with Gasteiger partial charge < -0.3 is 9.84 Å². The Balaban J connectivity index is 1.95. The number of rotatable bonds is 6. The zero-order valence-electron chi connectivity index (χ0n) is 18.6. The average Bonchev–Trinajstić information content (AvgIpc) is 3.09. The van der Waals surface area contributed by atoms with Crippen LogP contribution in [0.15, 0.2) is 78.4 Å². The lowest BCUT2D eigenvalue weighted by Gasteiger charge is -2.26. The summed E-state index contributed by atoms with van der Waals surface area (Å²) in [6.07, 6.45) is 0. The lowest BCUT2D eigenvalue weighted by atomic mass is 9.94. The molecule has 0 bridgehead atoms. The van der Waals surface area contributed by atoms with Gasteiger partial charge in [0, 0.05) is 23.4 Å². The summed E-state index contributed by atoms with van der Waals surface area (Å²) >= 11 is 0. The SMILES string of the molecule is CCOc1cccc(C2/C(=C(/O)c3cccc([N+](=O)[O-])c3)C(=O)C(=O)N2c2cccc(C)c2)c1. The van der Waals surface area contributed by atoms with Gasteiger partial charge in [-0.2, -0.15) is 0 Å². The van der Waals surface area contributed by atoms with Gasteiger partial charge in [0.15, 0.2) is 0 Å². The number of nitro groups is 1. The molecule has 34 heavy (non-hydrogen) atoms. The van der Waals surface area contributed by atoms with Crippen LogP contribution in [0.3, 0.4) is 0 Å². The topological polar surface area (TPSA) is 110 Å². The Bertz CT molecular complexity index is 1330. The number of nitro benzene ring substituents is 1. The highest BCUT2D eigenvalue weighted by Crippen LogP contribution is 2.43. The molecule has 8 nitrogen and oxygen atoms in total. The van der Waals surface area contributed by atoms with E-state index in [-0.39, 0.29) is 16.8 Å². The summed E-state index contributed by atoms with van der Waals surface area (Å²) in [6.45, 7) is 4.14. The van der Waals surface area contributed by atoms with E-state index in [0.29, 0.717) is 23.6 Å². The molecule has 4 rings (SSSR count). The van der Waals surface area contributed by atoms with E-state index in [2.05, 4.69) is 0 Å². The highest BCUT2D eigenvalue weighted by molar-refractivity contribution is 6.51. The lowest BCUT2D eigenvalue weighted by molar-refractivity contribution is -0.384. The highest BCUT2D eigenvalue weighted by atomic mass is 16.6. The van der Waals surface area contributed by atoms with E-state index >= 15 is 0 Å². The molecule has 0 aromatic heterocycles. The Morgan fingerprint density at radius 3 is 2.50 bits per heavy atom. The minimum atomic E-state index is -0.957. The molecule has 8 heteroatoms. The smallest absolute Gasteiger partial charge is 0.300 e. The van der Waals surface area contributed by atoms with Gasteiger partial charge in [-0.1, -0.05) is 36.4 Å². The van der Waals surface area contributed by atoms with Crippen molar-refractivity contribution in [2.24, 2.45) is 0 Å². The number of anilines is 1. The van der Waals surface area contributed by atoms with Crippen LogP contribution in [-0.4, -0.2) is 28.3 Å². The van der Waals surface area contributed by atoms with Crippen molar-refractivity contribution in [1.82, 2.24) is 0 Å². The maximum Gasteiger partial charge on any atom is 0.300 e. The van der Waals surface area contributed by atoms with Gasteiger partial charge in [0.25, 0.3) is 17.4 Å². The van der Waals surface area contributed by atoms with Gasteiger partial charge >= 0.3 is 0 Å². The van der Waals surface area contributed by atoms with E-state index in [0.717, 1.165) is 5.56 Å². The molecule has 0 saturated carbocycles. The molecule has 1 unspecified atom stereocenters. The number of non-ortho nitro benzene ring substituents is 1. The second kappa shape index (κ2) is 9.19. The third-order valence-electron chi connectivity index (χ3n) is 5.54. The summed E-state index contributed by atoms with van der Waals surface area (Å²) in [5, 5.41) is 22.4. The molecular formula is C26H22N2O6. The summed E-state index contributed by atoms with van der Waals surface area (Å²) in [5.41, 5.74) is 1.61. The largest absolute Gasteiger partial charge is 0.507 e. The number of aryl methyl sites for hydroxylation is 1. The number of hydrogen-bond acceptors (Lipinski definition) is 6. The van der Waals surface area contributed by atoms with E-state index in [4.69, 9.17) is 4.74 Å². The zero-order valence-corrected chi connectivity index (χ0v) is 18.6. The molecule has 0 aliphatic carbocycles. The fraction of sp³-hybridized carbons (Fsp3) is 0.154. The van der Waals surface area contributed by atoms with Gasteiger partial charge in [-0.05, 0) is 49.2 Å². The molecule has 1 aliphatic heterocycles. The van der Waals surface area contributed by atoms with Crippen molar-refractivity contribution in [3.8, 4) is 5.75 Å². The van der Waals surface area contributed by atoms with Crippen LogP contribution >= 0.6 is 0 Å². The fourth-order valence-electron chi connectivity index (χ4n) is 4.06. The summed E-state index contributed by atoms with van der Waals surface area (Å²) in [6, 6.07) is 18.4. The second-order valence-electron chi connectivity index (χ2n) is 7.82. The van der Waals surface area contributed by atoms with E-state index in [9.17, 15) is 24.8 Å². The van der Waals surface area contributed by atoms with E-state index < -0.39 is 28.4 Å². The first-order valence-corrected chi connectivity index (χ1v) is 10.7. The lowest BCUT2D eigenvalue weighted by Crippen LogP contribution is -2.29. The Hall–Kier alpha value is -4.46. The number of amides is 1. The van der Waals surface area contributed by atoms with Gasteiger partial charge in [-0.15, -0.1) is 0 Å². The number of nitrogens with zero attached hydrogens (tertiary/aromatic N) is 2. The van der Waals surface area contributed by atoms with E-state index in [1.165, 1.54) is 29.2 Å². The van der Waals surface area contributed by atoms with Crippen molar-refractivity contribution in [3.05, 3.63) is 105 Å². The summed E-state index contributed by atoms with van der Waals surface area (Å²) in [7, 11) is 0. The molecule has 3 aromatic rings. The molecule has 1 saturated heterocycles. The third-order valence-corrected chi connectivity index (χ3v) is 5.54. The van der Waals surface area contributed by atoms with Gasteiger partial charge in [0.2, 0.25) is 0 Å². The predicted octanol–water partition coefficient (Wildman–Crippen LogP) is 4.93. The van der Waals surface area contributed by atoms with Crippen molar-refractivity contribution in [1.29, 1.82) is 0 Å². The fourth-order valence-corrected chi connectivity index (χ4v) is 4.06. The van der Waals surface area contributed by atoms with Crippen molar-refractivity contribution in [3.63, 3.8) is 0 Å². The molecule has 172 valence electrons. The Labute approximate surface area is 195 Å². The number of hydrogen-bond donors (Lipinski definition) is 1. The quantitative estimate of drug-likeness (QED) is 0.184. The first-order valence-electron chi connectivity index (χ1n) is 10.7. The summed E-state index contributed by atoms with van der Waals surface area (Å²) in [5.74, 6) is -1.61. The third kappa shape index (κ3) is 4.13. The number of ketones is 1. The number of aliphatic hydroxyl groups is 1. The van der Waals surface area contributed by atoms with Gasteiger partial charge in [0.05, 0.1) is 23.1 Å². The number of carbonyl (C=O) groups is 2. The molecule has 1 N–H and O–H groups in total. The monoisotopic (exact) mass is 458 g/mol. The van der Waals surface area contributed by atoms with Crippen molar-refractivity contribution < 1.29 is 24.4 Å². The molecule has 1 fully saturated rings. The maximum absolute atomic E-state index is 13.2. The highest BCUT2D eigenvalue weighted by Gasteiger charge is 2.47. The van der Waals surface area contributed by atoms with Crippen LogP contribution in [0.1, 0.15) is 29.7 Å². The normalized spacial score (nSPS) is 17.1. The first-order chi connectivity index (χ1) is 16.3. The van der Waals surface area contributed by atoms with Gasteiger partial charge in [-0.3, -0.25) is 24.6 Å². The molecular weight excluding hydrogens is 436 g/mol. The van der Waals surface area contributed by atoms with Crippen LogP contribution in [-0.2, 0) is 9.59 Å². The predicted molar refractivity (Wildman–Crippen MR) is 127 cm³/mol. The van der Waals surface area contributed by atoms with Crippen LogP contribution in [0.2, 0.25) is 0 Å².